The summed E-state index contributed by atoms with van der Waals surface area (Å²) in [6.45, 7) is 0. The zero-order chi connectivity index (χ0) is 12.5. The van der Waals surface area contributed by atoms with Crippen molar-refractivity contribution < 1.29 is 23.1 Å². The predicted octanol–water partition coefficient (Wildman–Crippen LogP) is 2.71. The fraction of sp³-hybridized carbons (Fsp3) is 0.222. The van der Waals surface area contributed by atoms with E-state index in [4.69, 9.17) is 10.8 Å². The van der Waals surface area contributed by atoms with E-state index in [0.717, 1.165) is 12.1 Å². The second-order valence-corrected chi connectivity index (χ2v) is 3.97. The van der Waals surface area contributed by atoms with Gasteiger partial charge in [-0.25, -0.2) is 4.79 Å². The van der Waals surface area contributed by atoms with Crippen molar-refractivity contribution in [3.05, 3.63) is 33.8 Å². The van der Waals surface area contributed by atoms with Crippen molar-refractivity contribution in [3.8, 4) is 0 Å². The highest BCUT2D eigenvalue weighted by Gasteiger charge is 2.39. The van der Waals surface area contributed by atoms with E-state index < -0.39 is 29.3 Å². The Bertz CT molecular complexity index is 420. The molecule has 1 atom stereocenters. The number of halogens is 4. The Morgan fingerprint density at radius 1 is 1.44 bits per heavy atom. The number of hydrogen-bond acceptors (Lipinski definition) is 2. The number of alkyl halides is 3. The Morgan fingerprint density at radius 2 is 2.00 bits per heavy atom. The van der Waals surface area contributed by atoms with E-state index in [0.29, 0.717) is 4.47 Å². The minimum atomic E-state index is -4.68. The molecule has 0 saturated heterocycles. The summed E-state index contributed by atoms with van der Waals surface area (Å²) >= 11 is 2.96. The van der Waals surface area contributed by atoms with Gasteiger partial charge in [0.25, 0.3) is 0 Å². The molecule has 0 aliphatic heterocycles. The van der Waals surface area contributed by atoms with Crippen LogP contribution in [0.3, 0.4) is 0 Å². The number of benzene rings is 1. The largest absolute Gasteiger partial charge is 0.478 e. The molecular formula is C9H7BrF3NO2. The van der Waals surface area contributed by atoms with E-state index in [1.165, 1.54) is 6.07 Å². The molecule has 7 heteroatoms. The molecule has 0 aromatic heterocycles. The Labute approximate surface area is 97.2 Å². The molecule has 0 amide bonds. The van der Waals surface area contributed by atoms with Crippen LogP contribution in [0.2, 0.25) is 0 Å². The van der Waals surface area contributed by atoms with Gasteiger partial charge >= 0.3 is 12.1 Å². The van der Waals surface area contributed by atoms with Crippen molar-refractivity contribution in [3.63, 3.8) is 0 Å². The molecule has 1 rings (SSSR count). The molecule has 0 heterocycles. The highest BCUT2D eigenvalue weighted by atomic mass is 79.9. The molecule has 0 fully saturated rings. The van der Waals surface area contributed by atoms with Crippen molar-refractivity contribution in [1.82, 2.24) is 0 Å². The average Bonchev–Trinajstić information content (AvgIpc) is 2.14. The Morgan fingerprint density at radius 3 is 2.44 bits per heavy atom. The summed E-state index contributed by atoms with van der Waals surface area (Å²) in [7, 11) is 0. The van der Waals surface area contributed by atoms with Gasteiger partial charge in [0.05, 0.1) is 5.56 Å². The molecular weight excluding hydrogens is 291 g/mol. The topological polar surface area (TPSA) is 63.3 Å². The maximum Gasteiger partial charge on any atom is 0.407 e. The van der Waals surface area contributed by atoms with Gasteiger partial charge in [-0.05, 0) is 23.8 Å². The van der Waals surface area contributed by atoms with Gasteiger partial charge in [-0.1, -0.05) is 15.9 Å². The normalized spacial score (nSPS) is 13.6. The van der Waals surface area contributed by atoms with Crippen LogP contribution in [0.4, 0.5) is 13.2 Å². The van der Waals surface area contributed by atoms with Crippen molar-refractivity contribution in [1.29, 1.82) is 0 Å². The van der Waals surface area contributed by atoms with E-state index in [1.807, 2.05) is 0 Å². The quantitative estimate of drug-likeness (QED) is 0.882. The summed E-state index contributed by atoms with van der Waals surface area (Å²) in [4.78, 5) is 10.7. The van der Waals surface area contributed by atoms with Gasteiger partial charge in [-0.15, -0.1) is 0 Å². The van der Waals surface area contributed by atoms with Crippen molar-refractivity contribution in [2.24, 2.45) is 5.73 Å². The lowest BCUT2D eigenvalue weighted by Gasteiger charge is -2.18. The van der Waals surface area contributed by atoms with E-state index in [2.05, 4.69) is 15.9 Å². The van der Waals surface area contributed by atoms with E-state index in [9.17, 15) is 18.0 Å². The van der Waals surface area contributed by atoms with Gasteiger partial charge in [0.15, 0.2) is 0 Å². The summed E-state index contributed by atoms with van der Waals surface area (Å²) in [5.41, 5.74) is 4.06. The molecule has 3 N–H and O–H groups in total. The third kappa shape index (κ3) is 2.73. The SMILES string of the molecule is N[C@H](c1cc(Br)ccc1C(=O)O)C(F)(F)F. The van der Waals surface area contributed by atoms with Crippen LogP contribution in [0.25, 0.3) is 0 Å². The number of carboxylic acids is 1. The van der Waals surface area contributed by atoms with Crippen LogP contribution < -0.4 is 5.73 Å². The first-order chi connectivity index (χ1) is 7.23. The minimum Gasteiger partial charge on any atom is -0.478 e. The number of aromatic carboxylic acids is 1. The number of carbonyl (C=O) groups is 1. The number of nitrogens with two attached hydrogens (primary N) is 1. The third-order valence-corrected chi connectivity index (χ3v) is 2.42. The molecule has 88 valence electrons. The minimum absolute atomic E-state index is 0.340. The molecule has 1 aromatic rings. The summed E-state index contributed by atoms with van der Waals surface area (Å²) < 4.78 is 37.5. The second kappa shape index (κ2) is 4.42. The molecule has 0 aliphatic carbocycles. The lowest BCUT2D eigenvalue weighted by molar-refractivity contribution is -0.149. The molecule has 0 aliphatic rings. The van der Waals surface area contributed by atoms with Crippen molar-refractivity contribution >= 4 is 21.9 Å². The summed E-state index contributed by atoms with van der Waals surface area (Å²) in [5.74, 6) is -1.44. The standard InChI is InChI=1S/C9H7BrF3NO2/c10-4-1-2-5(8(15)16)6(3-4)7(14)9(11,12)13/h1-3,7H,14H2,(H,15,16)/t7-/m1/s1. The molecule has 16 heavy (non-hydrogen) atoms. The lowest BCUT2D eigenvalue weighted by Crippen LogP contribution is -2.30. The number of hydrogen-bond donors (Lipinski definition) is 2. The molecule has 1 aromatic carbocycles. The van der Waals surface area contributed by atoms with Gasteiger partial charge in [0.2, 0.25) is 0 Å². The predicted molar refractivity (Wildman–Crippen MR) is 54.1 cm³/mol. The Kier molecular flexibility index (Phi) is 3.59. The molecule has 0 radical (unpaired) electrons. The number of rotatable bonds is 2. The van der Waals surface area contributed by atoms with E-state index in [1.54, 1.807) is 0 Å². The fourth-order valence-corrected chi connectivity index (χ4v) is 1.54. The Balaban J connectivity index is 3.30. The van der Waals surface area contributed by atoms with Gasteiger partial charge in [-0.3, -0.25) is 0 Å². The Hall–Kier alpha value is -1.08. The van der Waals surface area contributed by atoms with Crippen LogP contribution in [-0.2, 0) is 0 Å². The zero-order valence-corrected chi connectivity index (χ0v) is 9.34. The van der Waals surface area contributed by atoms with Crippen LogP contribution in [0, 0.1) is 0 Å². The van der Waals surface area contributed by atoms with E-state index >= 15 is 0 Å². The van der Waals surface area contributed by atoms with Crippen LogP contribution in [0.1, 0.15) is 22.0 Å². The summed E-state index contributed by atoms with van der Waals surface area (Å²) in [6, 6.07) is 1.17. The van der Waals surface area contributed by atoms with Gasteiger partial charge in [0, 0.05) is 4.47 Å². The summed E-state index contributed by atoms with van der Waals surface area (Å²) in [5, 5.41) is 8.73. The second-order valence-electron chi connectivity index (χ2n) is 3.06. The van der Waals surface area contributed by atoms with Gasteiger partial charge in [0.1, 0.15) is 6.04 Å². The first-order valence-electron chi connectivity index (χ1n) is 4.08. The highest BCUT2D eigenvalue weighted by Crippen LogP contribution is 2.33. The highest BCUT2D eigenvalue weighted by molar-refractivity contribution is 9.10. The smallest absolute Gasteiger partial charge is 0.407 e. The van der Waals surface area contributed by atoms with Crippen LogP contribution in [0.5, 0.6) is 0 Å². The van der Waals surface area contributed by atoms with Crippen LogP contribution in [0.15, 0.2) is 22.7 Å². The average molecular weight is 298 g/mol. The first kappa shape index (κ1) is 13.0. The summed E-state index contributed by atoms with van der Waals surface area (Å²) in [6.07, 6.45) is -4.68. The third-order valence-electron chi connectivity index (χ3n) is 1.93. The fourth-order valence-electron chi connectivity index (χ4n) is 1.16. The van der Waals surface area contributed by atoms with Crippen molar-refractivity contribution in [2.45, 2.75) is 12.2 Å². The maximum atomic E-state index is 12.4. The first-order valence-corrected chi connectivity index (χ1v) is 4.88. The van der Waals surface area contributed by atoms with Gasteiger partial charge < -0.3 is 10.8 Å². The van der Waals surface area contributed by atoms with Crippen molar-refractivity contribution in [2.75, 3.05) is 0 Å². The molecule has 0 bridgehead atoms. The molecule has 0 unspecified atom stereocenters. The van der Waals surface area contributed by atoms with Gasteiger partial charge in [-0.2, -0.15) is 13.2 Å². The van der Waals surface area contributed by atoms with E-state index in [-0.39, 0.29) is 0 Å². The molecule has 0 saturated carbocycles. The number of carboxylic acid groups (broad SMARTS) is 1. The molecule has 0 spiro atoms. The van der Waals surface area contributed by atoms with Crippen LogP contribution >= 0.6 is 15.9 Å². The monoisotopic (exact) mass is 297 g/mol. The maximum absolute atomic E-state index is 12.4. The lowest BCUT2D eigenvalue weighted by atomic mass is 10.0. The van der Waals surface area contributed by atoms with Crippen LogP contribution in [-0.4, -0.2) is 17.3 Å². The zero-order valence-electron chi connectivity index (χ0n) is 7.75. The molecule has 3 nitrogen and oxygen atoms in total.